The molecule has 1 aliphatic rings. The highest BCUT2D eigenvalue weighted by Gasteiger charge is 2.17. The van der Waals surface area contributed by atoms with Crippen molar-refractivity contribution in [2.75, 3.05) is 43.4 Å². The molecule has 5 nitrogen and oxygen atoms in total. The molecule has 0 bridgehead atoms. The Morgan fingerprint density at radius 2 is 1.97 bits per heavy atom. The summed E-state index contributed by atoms with van der Waals surface area (Å²) in [5.41, 5.74) is 6.83. The van der Waals surface area contributed by atoms with E-state index in [1.165, 1.54) is 11.3 Å². The number of rotatable bonds is 6. The first-order valence-corrected chi connectivity index (χ1v) is 12.0. The third-order valence-corrected chi connectivity index (χ3v) is 7.03. The van der Waals surface area contributed by atoms with Crippen LogP contribution in [0.15, 0.2) is 58.3 Å². The SMILES string of the molecule is Cc1cc(NC(=O)c2ccccc2SCc2cscn2)ccc1N1CCN(C)CC1. The second-order valence-corrected chi connectivity index (χ2v) is 9.25. The van der Waals surface area contributed by atoms with Crippen LogP contribution in [0, 0.1) is 6.92 Å². The lowest BCUT2D eigenvalue weighted by Crippen LogP contribution is -2.44. The normalized spacial score (nSPS) is 14.7. The fourth-order valence-corrected chi connectivity index (χ4v) is 5.19. The first-order chi connectivity index (χ1) is 14.6. The van der Waals surface area contributed by atoms with Crippen LogP contribution in [-0.4, -0.2) is 49.0 Å². The summed E-state index contributed by atoms with van der Waals surface area (Å²) in [7, 11) is 2.16. The van der Waals surface area contributed by atoms with Crippen molar-refractivity contribution in [3.8, 4) is 0 Å². The quantitative estimate of drug-likeness (QED) is 0.563. The second kappa shape index (κ2) is 9.64. The van der Waals surface area contributed by atoms with Crippen molar-refractivity contribution >= 4 is 40.4 Å². The van der Waals surface area contributed by atoms with E-state index in [1.807, 2.05) is 41.2 Å². The largest absolute Gasteiger partial charge is 0.369 e. The van der Waals surface area contributed by atoms with Crippen molar-refractivity contribution in [1.82, 2.24) is 9.88 Å². The smallest absolute Gasteiger partial charge is 0.256 e. The molecule has 7 heteroatoms. The topological polar surface area (TPSA) is 48.5 Å². The van der Waals surface area contributed by atoms with E-state index < -0.39 is 0 Å². The van der Waals surface area contributed by atoms with Gasteiger partial charge in [-0.25, -0.2) is 4.98 Å². The number of hydrogen-bond acceptors (Lipinski definition) is 6. The van der Waals surface area contributed by atoms with Crippen molar-refractivity contribution in [1.29, 1.82) is 0 Å². The summed E-state index contributed by atoms with van der Waals surface area (Å²) in [6.07, 6.45) is 0. The average molecular weight is 439 g/mol. The molecule has 0 spiro atoms. The number of benzene rings is 2. The van der Waals surface area contributed by atoms with Gasteiger partial charge in [0.2, 0.25) is 0 Å². The van der Waals surface area contributed by atoms with Crippen LogP contribution < -0.4 is 10.2 Å². The van der Waals surface area contributed by atoms with Crippen molar-refractivity contribution < 1.29 is 4.79 Å². The van der Waals surface area contributed by atoms with Gasteiger partial charge >= 0.3 is 0 Å². The molecule has 4 rings (SSSR count). The summed E-state index contributed by atoms with van der Waals surface area (Å²) < 4.78 is 0. The second-order valence-electron chi connectivity index (χ2n) is 7.51. The number of aryl methyl sites for hydroxylation is 1. The van der Waals surface area contributed by atoms with Crippen LogP contribution in [0.25, 0.3) is 0 Å². The van der Waals surface area contributed by atoms with Gasteiger partial charge in [-0.15, -0.1) is 23.1 Å². The highest BCUT2D eigenvalue weighted by molar-refractivity contribution is 7.98. The molecule has 0 radical (unpaired) electrons. The average Bonchev–Trinajstić information content (AvgIpc) is 3.27. The summed E-state index contributed by atoms with van der Waals surface area (Å²) in [5, 5.41) is 5.12. The predicted molar refractivity (Wildman–Crippen MR) is 127 cm³/mol. The number of hydrogen-bond donors (Lipinski definition) is 1. The Morgan fingerprint density at radius 1 is 1.17 bits per heavy atom. The highest BCUT2D eigenvalue weighted by atomic mass is 32.2. The Labute approximate surface area is 186 Å². The van der Waals surface area contributed by atoms with Crippen LogP contribution in [0.4, 0.5) is 11.4 Å². The Morgan fingerprint density at radius 3 is 2.70 bits per heavy atom. The first kappa shape index (κ1) is 20.9. The van der Waals surface area contributed by atoms with E-state index in [1.54, 1.807) is 23.1 Å². The van der Waals surface area contributed by atoms with Crippen molar-refractivity contribution in [2.45, 2.75) is 17.6 Å². The van der Waals surface area contributed by atoms with Gasteiger partial charge in [-0.2, -0.15) is 0 Å². The van der Waals surface area contributed by atoms with Crippen LogP contribution in [0.5, 0.6) is 0 Å². The number of anilines is 2. The van der Waals surface area contributed by atoms with Gasteiger partial charge in [0.05, 0.1) is 16.8 Å². The summed E-state index contributed by atoms with van der Waals surface area (Å²) in [4.78, 5) is 23.0. The standard InChI is InChI=1S/C23H26N4OS2/c1-17-13-18(7-8-21(17)27-11-9-26(2)10-12-27)25-23(28)20-5-3-4-6-22(20)30-15-19-14-29-16-24-19/h3-8,13-14,16H,9-12,15H2,1-2H3,(H,25,28). The number of carbonyl (C=O) groups is 1. The maximum atomic E-state index is 13.0. The Kier molecular flexibility index (Phi) is 6.72. The minimum atomic E-state index is -0.0804. The fraction of sp³-hybridized carbons (Fsp3) is 0.304. The number of likely N-dealkylation sites (N-methyl/N-ethyl adjacent to an activating group) is 1. The number of nitrogens with one attached hydrogen (secondary N) is 1. The summed E-state index contributed by atoms with van der Waals surface area (Å²) in [6, 6.07) is 13.9. The summed E-state index contributed by atoms with van der Waals surface area (Å²) >= 11 is 3.23. The summed E-state index contributed by atoms with van der Waals surface area (Å²) in [6.45, 7) is 6.33. The molecular formula is C23H26N4OS2. The molecule has 3 aromatic rings. The van der Waals surface area contributed by atoms with Gasteiger partial charge < -0.3 is 15.1 Å². The van der Waals surface area contributed by atoms with Crippen LogP contribution in [0.1, 0.15) is 21.6 Å². The number of carbonyl (C=O) groups excluding carboxylic acids is 1. The van der Waals surface area contributed by atoms with Gasteiger partial charge in [0.25, 0.3) is 5.91 Å². The molecule has 30 heavy (non-hydrogen) atoms. The molecule has 1 amide bonds. The van der Waals surface area contributed by atoms with Gasteiger partial charge in [-0.05, 0) is 49.9 Å². The zero-order valence-corrected chi connectivity index (χ0v) is 18.9. The molecule has 2 aromatic carbocycles. The van der Waals surface area contributed by atoms with E-state index in [0.717, 1.165) is 48.2 Å². The molecule has 0 unspecified atom stereocenters. The van der Waals surface area contributed by atoms with E-state index in [2.05, 4.69) is 46.2 Å². The van der Waals surface area contributed by atoms with Crippen molar-refractivity contribution in [2.24, 2.45) is 0 Å². The van der Waals surface area contributed by atoms with Gasteiger partial charge in [0.15, 0.2) is 0 Å². The fourth-order valence-electron chi connectivity index (χ4n) is 3.57. The molecule has 1 aliphatic heterocycles. The molecule has 2 heterocycles. The van der Waals surface area contributed by atoms with Crippen molar-refractivity contribution in [3.05, 3.63) is 70.2 Å². The van der Waals surface area contributed by atoms with E-state index in [0.29, 0.717) is 5.56 Å². The molecule has 1 aromatic heterocycles. The molecule has 0 saturated carbocycles. The minimum absolute atomic E-state index is 0.0804. The lowest BCUT2D eigenvalue weighted by molar-refractivity contribution is 0.102. The third kappa shape index (κ3) is 5.03. The molecule has 1 saturated heterocycles. The minimum Gasteiger partial charge on any atom is -0.369 e. The van der Waals surface area contributed by atoms with Gasteiger partial charge in [0, 0.05) is 53.6 Å². The van der Waals surface area contributed by atoms with Crippen molar-refractivity contribution in [3.63, 3.8) is 0 Å². The number of nitrogens with zero attached hydrogens (tertiary/aromatic N) is 3. The number of piperazine rings is 1. The number of thiazole rings is 1. The molecule has 1 fully saturated rings. The predicted octanol–water partition coefficient (Wildman–Crippen LogP) is 4.75. The van der Waals surface area contributed by atoms with Gasteiger partial charge in [-0.3, -0.25) is 4.79 Å². The molecule has 0 aliphatic carbocycles. The molecule has 1 N–H and O–H groups in total. The highest BCUT2D eigenvalue weighted by Crippen LogP contribution is 2.28. The lowest BCUT2D eigenvalue weighted by Gasteiger charge is -2.35. The van der Waals surface area contributed by atoms with Crippen LogP contribution in [-0.2, 0) is 5.75 Å². The van der Waals surface area contributed by atoms with E-state index in [-0.39, 0.29) is 5.91 Å². The third-order valence-electron chi connectivity index (χ3n) is 5.29. The number of amides is 1. The maximum Gasteiger partial charge on any atom is 0.256 e. The Balaban J connectivity index is 1.44. The first-order valence-electron chi connectivity index (χ1n) is 10.0. The van der Waals surface area contributed by atoms with Crippen LogP contribution in [0.3, 0.4) is 0 Å². The molecular weight excluding hydrogens is 412 g/mol. The van der Waals surface area contributed by atoms with E-state index in [9.17, 15) is 4.79 Å². The van der Waals surface area contributed by atoms with Gasteiger partial charge in [-0.1, -0.05) is 12.1 Å². The monoisotopic (exact) mass is 438 g/mol. The Hall–Kier alpha value is -2.35. The Bertz CT molecular complexity index is 998. The van der Waals surface area contributed by atoms with E-state index in [4.69, 9.17) is 0 Å². The zero-order chi connectivity index (χ0) is 20.9. The zero-order valence-electron chi connectivity index (χ0n) is 17.3. The van der Waals surface area contributed by atoms with Gasteiger partial charge in [0.1, 0.15) is 0 Å². The van der Waals surface area contributed by atoms with Crippen LogP contribution >= 0.6 is 23.1 Å². The maximum absolute atomic E-state index is 13.0. The molecule has 0 atom stereocenters. The number of thioether (sulfide) groups is 1. The molecule has 156 valence electrons. The number of aromatic nitrogens is 1. The lowest BCUT2D eigenvalue weighted by atomic mass is 10.1. The summed E-state index contributed by atoms with van der Waals surface area (Å²) in [5.74, 6) is 0.676. The van der Waals surface area contributed by atoms with Crippen LogP contribution in [0.2, 0.25) is 0 Å². The van der Waals surface area contributed by atoms with E-state index >= 15 is 0 Å².